The molecule has 0 aromatic heterocycles. The van der Waals surface area contributed by atoms with Gasteiger partial charge in [-0.1, -0.05) is 0 Å². The molecule has 5 heterocycles. The molecule has 0 spiro atoms. The Morgan fingerprint density at radius 2 is 0.863 bits per heavy atom. The van der Waals surface area contributed by atoms with E-state index in [1.54, 1.807) is 0 Å². The van der Waals surface area contributed by atoms with Crippen molar-refractivity contribution in [3.63, 3.8) is 0 Å². The van der Waals surface area contributed by atoms with E-state index < -0.39 is 197 Å². The van der Waals surface area contributed by atoms with Crippen molar-refractivity contribution in [2.45, 2.75) is 174 Å². The fourth-order valence-electron chi connectivity index (χ4n) is 9.21. The summed E-state index contributed by atoms with van der Waals surface area (Å²) in [5, 5.41) is 74.0. The van der Waals surface area contributed by atoms with Gasteiger partial charge in [0.25, 0.3) is 0 Å². The molecule has 0 saturated carbocycles. The lowest BCUT2D eigenvalue weighted by Crippen LogP contribution is -2.69. The first-order valence-electron chi connectivity index (χ1n) is 22.7. The van der Waals surface area contributed by atoms with E-state index in [1.165, 1.54) is 35.4 Å². The number of aliphatic hydroxyl groups is 5. The summed E-state index contributed by atoms with van der Waals surface area (Å²) >= 11 is 0. The molecule has 25 atom stereocenters. The fourth-order valence-corrected chi connectivity index (χ4v) is 9.21. The molecule has 10 unspecified atom stereocenters. The van der Waals surface area contributed by atoms with Crippen LogP contribution in [0.4, 0.5) is 0 Å². The number of hydrogen-bond acceptors (Lipinski definition) is 29. The van der Waals surface area contributed by atoms with Gasteiger partial charge in [0.05, 0.1) is 12.6 Å². The molecule has 5 aliphatic rings. The van der Waals surface area contributed by atoms with Crippen molar-refractivity contribution >= 4 is 29.8 Å². The first-order valence-corrected chi connectivity index (χ1v) is 22.7. The number of rotatable bonds is 22. The minimum Gasteiger partial charge on any atom is -0.479 e. The zero-order valence-corrected chi connectivity index (χ0v) is 41.2. The van der Waals surface area contributed by atoms with Crippen LogP contribution in [0.1, 0.15) is 20.8 Å². The first kappa shape index (κ1) is 60.4. The van der Waals surface area contributed by atoms with Crippen molar-refractivity contribution in [2.24, 2.45) is 5.73 Å². The summed E-state index contributed by atoms with van der Waals surface area (Å²) < 4.78 is 103. The van der Waals surface area contributed by atoms with Gasteiger partial charge in [-0.2, -0.15) is 0 Å². The highest BCUT2D eigenvalue weighted by atomic mass is 16.8. The molecule has 5 saturated heterocycles. The number of carboxylic acids is 2. The fraction of sp³-hybridized carbons (Fsp3) is 0.881. The maximum Gasteiger partial charge on any atom is 0.335 e. The van der Waals surface area contributed by atoms with Crippen LogP contribution in [0.15, 0.2) is 0 Å². The van der Waals surface area contributed by atoms with Gasteiger partial charge >= 0.3 is 29.8 Å². The molecule has 420 valence electrons. The smallest absolute Gasteiger partial charge is 0.335 e. The van der Waals surface area contributed by atoms with Crippen LogP contribution in [-0.4, -0.2) is 282 Å². The summed E-state index contributed by atoms with van der Waals surface area (Å²) in [4.78, 5) is 62.8. The predicted molar refractivity (Wildman–Crippen MR) is 227 cm³/mol. The van der Waals surface area contributed by atoms with Crippen molar-refractivity contribution in [3.05, 3.63) is 0 Å². The van der Waals surface area contributed by atoms with Crippen LogP contribution >= 0.6 is 0 Å². The Morgan fingerprint density at radius 3 is 1.29 bits per heavy atom. The molecule has 5 rings (SSSR count). The molecule has 5 aliphatic heterocycles. The molecular weight excluding hydrogens is 998 g/mol. The minimum absolute atomic E-state index is 0.341. The number of aliphatic carboxylic acids is 2. The molecule has 0 aromatic rings. The Morgan fingerprint density at radius 1 is 0.438 bits per heavy atom. The highest BCUT2D eigenvalue weighted by Gasteiger charge is 2.60. The van der Waals surface area contributed by atoms with Crippen molar-refractivity contribution in [1.29, 1.82) is 0 Å². The van der Waals surface area contributed by atoms with Gasteiger partial charge in [-0.05, 0) is 0 Å². The lowest BCUT2D eigenvalue weighted by atomic mass is 9.94. The maximum atomic E-state index is 13.1. The molecule has 31 heteroatoms. The third-order valence-corrected chi connectivity index (χ3v) is 12.6. The number of esters is 3. The van der Waals surface area contributed by atoms with Crippen LogP contribution < -0.4 is 5.73 Å². The summed E-state index contributed by atoms with van der Waals surface area (Å²) in [6.07, 6.45) is -40.0. The lowest BCUT2D eigenvalue weighted by Gasteiger charge is -2.50. The molecular formula is C42H67NO30. The van der Waals surface area contributed by atoms with E-state index in [4.69, 9.17) is 91.0 Å². The second-order valence-corrected chi connectivity index (χ2v) is 17.2. The van der Waals surface area contributed by atoms with Gasteiger partial charge in [0, 0.05) is 63.4 Å². The zero-order valence-electron chi connectivity index (χ0n) is 41.2. The number of methoxy groups -OCH3 is 6. The summed E-state index contributed by atoms with van der Waals surface area (Å²) in [6, 6.07) is -1.16. The monoisotopic (exact) mass is 1070 g/mol. The normalized spacial score (nSPS) is 43.1. The Kier molecular flexibility index (Phi) is 22.3. The number of ether oxygens (including phenoxy) is 18. The maximum absolute atomic E-state index is 13.1. The summed E-state index contributed by atoms with van der Waals surface area (Å²) in [5.41, 5.74) is 6.52. The van der Waals surface area contributed by atoms with Crippen LogP contribution in [-0.2, 0) is 109 Å². The number of carbonyl (C=O) groups is 5. The predicted octanol–water partition coefficient (Wildman–Crippen LogP) is -6.14. The number of aliphatic hydroxyl groups excluding tert-OH is 5. The molecule has 73 heavy (non-hydrogen) atoms. The topological polar surface area (TPSA) is 419 Å². The van der Waals surface area contributed by atoms with Crippen LogP contribution in [0.3, 0.4) is 0 Å². The van der Waals surface area contributed by atoms with Crippen LogP contribution in [0.2, 0.25) is 0 Å². The SMILES string of the molecule is COC1C(OC)[C@H](O[C@H]2O[C@H](COC(C)=O)[C@@H](O[C@@H]3OC(C(=O)O)[C@H](O[C@@H]4OC(COC(C)=O)[C@H](OC)[C@H](OC)C4N)[C@H](OC)C3OC)C(OC(C)=O)C2O)[C@H](C(=O)O)O[C@@H]1O[C@H]1C(CO)O[C@@H](O)C(O)[C@H]1O. The molecule has 0 radical (unpaired) electrons. The third kappa shape index (κ3) is 13.7. The average molecular weight is 1070 g/mol. The molecule has 0 bridgehead atoms. The quantitative estimate of drug-likeness (QED) is 0.0369. The van der Waals surface area contributed by atoms with Gasteiger partial charge in [-0.3, -0.25) is 14.4 Å². The Hall–Kier alpha value is -3.49. The second kappa shape index (κ2) is 27.0. The Labute approximate surface area is 416 Å². The van der Waals surface area contributed by atoms with Crippen LogP contribution in [0.5, 0.6) is 0 Å². The highest BCUT2D eigenvalue weighted by Crippen LogP contribution is 2.39. The molecule has 5 fully saturated rings. The second-order valence-electron chi connectivity index (χ2n) is 17.2. The van der Waals surface area contributed by atoms with Gasteiger partial charge in [0.2, 0.25) is 0 Å². The van der Waals surface area contributed by atoms with Crippen LogP contribution in [0, 0.1) is 0 Å². The van der Waals surface area contributed by atoms with E-state index in [-0.39, 0.29) is 6.61 Å². The minimum atomic E-state index is -2.15. The Bertz CT molecular complexity index is 1810. The standard InChI is InChI=1S/C42H67NO30/c1-13(45)62-11-17-24(56-4)26(57-5)19(43)39(66-17)70-30-28(58-6)35(61-9)42(73-32(30)36(51)52)69-25-18(12-63-14(2)46)67-40(22(50)27(25)64-15(3)47)71-31-29(59-7)34(60-8)41(72-33(31)37(53)54)68-23-16(10-44)65-38(55)21(49)20(23)48/h16-35,38-42,44,48-50,55H,10-12,43H2,1-9H3,(H,51,52)(H,53,54)/t16?,17?,18-,19?,20-,21?,22?,23+,24+,25-,26-,27?,28+,29?,30-,31+,32?,33-,34?,35?,38-,39+,40-,41+,42-/m1/s1. The molecule has 9 N–H and O–H groups in total. The van der Waals surface area contributed by atoms with Gasteiger partial charge in [-0.25, -0.2) is 9.59 Å². The van der Waals surface area contributed by atoms with Crippen molar-refractivity contribution in [2.75, 3.05) is 62.5 Å². The summed E-state index contributed by atoms with van der Waals surface area (Å²) in [7, 11) is 7.29. The zero-order chi connectivity index (χ0) is 54.2. The van der Waals surface area contributed by atoms with Gasteiger partial charge in [0.1, 0.15) is 111 Å². The largest absolute Gasteiger partial charge is 0.479 e. The van der Waals surface area contributed by atoms with E-state index in [2.05, 4.69) is 0 Å². The first-order chi connectivity index (χ1) is 34.6. The molecule has 31 nitrogen and oxygen atoms in total. The molecule has 0 aliphatic carbocycles. The van der Waals surface area contributed by atoms with E-state index in [9.17, 15) is 59.7 Å². The van der Waals surface area contributed by atoms with Crippen molar-refractivity contribution < 1.29 is 145 Å². The summed E-state index contributed by atoms with van der Waals surface area (Å²) in [6.45, 7) is 1.22. The van der Waals surface area contributed by atoms with Crippen molar-refractivity contribution in [1.82, 2.24) is 0 Å². The van der Waals surface area contributed by atoms with E-state index in [0.717, 1.165) is 28.1 Å². The number of carboxylic acid groups (broad SMARTS) is 2. The van der Waals surface area contributed by atoms with E-state index in [0.29, 0.717) is 0 Å². The Balaban J connectivity index is 1.45. The van der Waals surface area contributed by atoms with E-state index in [1.807, 2.05) is 0 Å². The van der Waals surface area contributed by atoms with Crippen LogP contribution in [0.25, 0.3) is 0 Å². The lowest BCUT2D eigenvalue weighted by molar-refractivity contribution is -0.389. The number of hydrogen-bond donors (Lipinski definition) is 8. The van der Waals surface area contributed by atoms with Gasteiger partial charge < -0.3 is 127 Å². The van der Waals surface area contributed by atoms with Gasteiger partial charge in [0.15, 0.2) is 49.8 Å². The molecule has 0 amide bonds. The third-order valence-electron chi connectivity index (χ3n) is 12.6. The van der Waals surface area contributed by atoms with Gasteiger partial charge in [-0.15, -0.1) is 0 Å². The molecule has 0 aromatic carbocycles. The number of nitrogens with two attached hydrogens (primary N) is 1. The highest BCUT2D eigenvalue weighted by molar-refractivity contribution is 5.74. The summed E-state index contributed by atoms with van der Waals surface area (Å²) in [5.74, 6) is -5.90. The number of carbonyl (C=O) groups excluding carboxylic acids is 3. The van der Waals surface area contributed by atoms with E-state index >= 15 is 0 Å². The average Bonchev–Trinajstić information content (AvgIpc) is 3.34. The van der Waals surface area contributed by atoms with Crippen molar-refractivity contribution in [3.8, 4) is 0 Å².